The van der Waals surface area contributed by atoms with Crippen molar-refractivity contribution in [2.45, 2.75) is 19.6 Å². The van der Waals surface area contributed by atoms with E-state index in [0.29, 0.717) is 10.4 Å². The third kappa shape index (κ3) is 5.97. The summed E-state index contributed by atoms with van der Waals surface area (Å²) in [5.41, 5.74) is 0.738. The Balaban J connectivity index is 1.75. The van der Waals surface area contributed by atoms with Crippen molar-refractivity contribution >= 4 is 29.1 Å². The Morgan fingerprint density at radius 1 is 1.23 bits per heavy atom. The molecule has 0 saturated heterocycles. The summed E-state index contributed by atoms with van der Waals surface area (Å²) in [6, 6.07) is 9.14. The number of carbonyl (C=O) groups is 2. The lowest BCUT2D eigenvalue weighted by atomic mass is 10.0. The van der Waals surface area contributed by atoms with E-state index in [1.807, 2.05) is 6.07 Å². The van der Waals surface area contributed by atoms with Gasteiger partial charge in [-0.05, 0) is 48.0 Å². The molecule has 0 aliphatic rings. The number of amides is 2. The quantitative estimate of drug-likeness (QED) is 0.306. The van der Waals surface area contributed by atoms with Crippen molar-refractivity contribution in [2.24, 2.45) is 0 Å². The Bertz CT molecular complexity index is 1660. The molecule has 3 heterocycles. The second kappa shape index (κ2) is 11.3. The van der Waals surface area contributed by atoms with Gasteiger partial charge in [-0.25, -0.2) is 9.67 Å². The second-order valence-corrected chi connectivity index (χ2v) is 8.57. The fourth-order valence-electron chi connectivity index (χ4n) is 3.57. The van der Waals surface area contributed by atoms with Crippen molar-refractivity contribution in [1.82, 2.24) is 40.3 Å². The summed E-state index contributed by atoms with van der Waals surface area (Å²) in [6.07, 6.45) is -1.92. The number of nitriles is 1. The zero-order valence-electron chi connectivity index (χ0n) is 20.6. The SMILES string of the molecule is C=CCNC(=O)c1cc(C#N)cc(C)c1NC(=O)c1cc(Cn2nnc(C(F)(F)F)n2)nn1-c1ncccc1Cl. The maximum absolute atomic E-state index is 13.6. The van der Waals surface area contributed by atoms with Gasteiger partial charge in [-0.15, -0.1) is 16.8 Å². The zero-order chi connectivity index (χ0) is 29.0. The Hall–Kier alpha value is -5.10. The highest BCUT2D eigenvalue weighted by molar-refractivity contribution is 6.32. The van der Waals surface area contributed by atoms with Crippen LogP contribution in [0.4, 0.5) is 18.9 Å². The lowest BCUT2D eigenvalue weighted by molar-refractivity contribution is -0.145. The normalized spacial score (nSPS) is 11.1. The monoisotopic (exact) mass is 570 g/mol. The molecule has 16 heteroatoms. The molecule has 3 aromatic heterocycles. The molecule has 0 aliphatic carbocycles. The Morgan fingerprint density at radius 2 is 2.00 bits per heavy atom. The molecule has 4 rings (SSSR count). The minimum Gasteiger partial charge on any atom is -0.349 e. The van der Waals surface area contributed by atoms with Crippen LogP contribution in [0.5, 0.6) is 0 Å². The first-order valence-electron chi connectivity index (χ1n) is 11.3. The van der Waals surface area contributed by atoms with Crippen LogP contribution in [-0.2, 0) is 12.7 Å². The molecule has 0 atom stereocenters. The summed E-state index contributed by atoms with van der Waals surface area (Å²) in [7, 11) is 0. The van der Waals surface area contributed by atoms with Crippen LogP contribution in [0.3, 0.4) is 0 Å². The first kappa shape index (κ1) is 27.9. The molecule has 0 fully saturated rings. The van der Waals surface area contributed by atoms with Crippen LogP contribution >= 0.6 is 11.6 Å². The summed E-state index contributed by atoms with van der Waals surface area (Å²) >= 11 is 6.28. The number of nitrogens with zero attached hydrogens (tertiary/aromatic N) is 8. The highest BCUT2D eigenvalue weighted by atomic mass is 35.5. The van der Waals surface area contributed by atoms with Gasteiger partial charge in [0.25, 0.3) is 17.6 Å². The number of halogens is 4. The molecule has 0 aliphatic heterocycles. The van der Waals surface area contributed by atoms with Crippen molar-refractivity contribution in [3.05, 3.63) is 88.1 Å². The number of pyridine rings is 1. The fraction of sp³-hybridized carbons (Fsp3) is 0.167. The van der Waals surface area contributed by atoms with Gasteiger partial charge in [-0.1, -0.05) is 17.7 Å². The van der Waals surface area contributed by atoms with Crippen molar-refractivity contribution in [3.63, 3.8) is 0 Å². The molecule has 40 heavy (non-hydrogen) atoms. The molecule has 0 radical (unpaired) electrons. The minimum absolute atomic E-state index is 0.0282. The number of alkyl halides is 3. The number of rotatable bonds is 8. The highest BCUT2D eigenvalue weighted by Gasteiger charge is 2.37. The van der Waals surface area contributed by atoms with E-state index in [0.717, 1.165) is 4.68 Å². The van der Waals surface area contributed by atoms with Crippen molar-refractivity contribution in [2.75, 3.05) is 11.9 Å². The van der Waals surface area contributed by atoms with Crippen LogP contribution in [0.2, 0.25) is 5.02 Å². The maximum Gasteiger partial charge on any atom is 0.455 e. The standard InChI is InChI=1S/C24H18ClF3N10O2/c1-3-6-31-21(39)16-9-14(11-29)8-13(2)19(16)32-22(40)18-10-15(12-37-35-23(33-36-37)24(26,27)28)34-38(18)20-17(25)5-4-7-30-20/h3-5,7-10H,1,6,12H2,2H3,(H,31,39)(H,32,40). The molecule has 2 amide bonds. The lowest BCUT2D eigenvalue weighted by Gasteiger charge is -2.15. The predicted octanol–water partition coefficient (Wildman–Crippen LogP) is 3.32. The van der Waals surface area contributed by atoms with E-state index in [1.165, 1.54) is 36.5 Å². The molecule has 0 bridgehead atoms. The van der Waals surface area contributed by atoms with Gasteiger partial charge in [0.2, 0.25) is 0 Å². The number of anilines is 1. The molecule has 12 nitrogen and oxygen atoms in total. The van der Waals surface area contributed by atoms with E-state index >= 15 is 0 Å². The first-order valence-corrected chi connectivity index (χ1v) is 11.7. The van der Waals surface area contributed by atoms with Gasteiger partial charge >= 0.3 is 6.18 Å². The number of aromatic nitrogens is 7. The van der Waals surface area contributed by atoms with Crippen LogP contribution in [0.25, 0.3) is 5.82 Å². The predicted molar refractivity (Wildman–Crippen MR) is 135 cm³/mol. The number of hydrogen-bond acceptors (Lipinski definition) is 8. The van der Waals surface area contributed by atoms with E-state index in [9.17, 15) is 28.0 Å². The zero-order valence-corrected chi connectivity index (χ0v) is 21.3. The van der Waals surface area contributed by atoms with E-state index in [1.54, 1.807) is 13.0 Å². The first-order chi connectivity index (χ1) is 19.0. The van der Waals surface area contributed by atoms with Gasteiger partial charge in [-0.3, -0.25) is 9.59 Å². The largest absolute Gasteiger partial charge is 0.455 e. The number of benzene rings is 1. The molecule has 4 aromatic rings. The number of tetrazole rings is 1. The van der Waals surface area contributed by atoms with Crippen molar-refractivity contribution < 1.29 is 22.8 Å². The van der Waals surface area contributed by atoms with Crippen LogP contribution in [0.1, 0.15) is 43.5 Å². The molecular formula is C24H18ClF3N10O2. The van der Waals surface area contributed by atoms with Crippen LogP contribution < -0.4 is 10.6 Å². The Labute approximate surface area is 229 Å². The summed E-state index contributed by atoms with van der Waals surface area (Å²) in [5.74, 6) is -2.69. The highest BCUT2D eigenvalue weighted by Crippen LogP contribution is 2.27. The molecule has 1 aromatic carbocycles. The van der Waals surface area contributed by atoms with Gasteiger partial charge in [0, 0.05) is 12.7 Å². The summed E-state index contributed by atoms with van der Waals surface area (Å²) in [6.45, 7) is 4.92. The molecule has 0 spiro atoms. The lowest BCUT2D eigenvalue weighted by Crippen LogP contribution is -2.26. The van der Waals surface area contributed by atoms with Gasteiger partial charge in [0.05, 0.1) is 33.6 Å². The van der Waals surface area contributed by atoms with Crippen molar-refractivity contribution in [1.29, 1.82) is 5.26 Å². The van der Waals surface area contributed by atoms with E-state index in [4.69, 9.17) is 11.6 Å². The fourth-order valence-corrected chi connectivity index (χ4v) is 3.77. The average molecular weight is 571 g/mol. The summed E-state index contributed by atoms with van der Waals surface area (Å²) in [4.78, 5) is 31.2. The average Bonchev–Trinajstić information content (AvgIpc) is 3.56. The minimum atomic E-state index is -4.79. The topological polar surface area (TPSA) is 156 Å². The van der Waals surface area contributed by atoms with Crippen molar-refractivity contribution in [3.8, 4) is 11.9 Å². The van der Waals surface area contributed by atoms with E-state index in [-0.39, 0.29) is 52.1 Å². The second-order valence-electron chi connectivity index (χ2n) is 8.16. The number of hydrogen-bond donors (Lipinski definition) is 2. The molecule has 204 valence electrons. The van der Waals surface area contributed by atoms with Crippen LogP contribution in [0.15, 0.2) is 49.2 Å². The molecule has 0 unspecified atom stereocenters. The summed E-state index contributed by atoms with van der Waals surface area (Å²) < 4.78 is 39.8. The smallest absolute Gasteiger partial charge is 0.349 e. The maximum atomic E-state index is 13.6. The van der Waals surface area contributed by atoms with Gasteiger partial charge in [-0.2, -0.15) is 28.3 Å². The van der Waals surface area contributed by atoms with E-state index in [2.05, 4.69) is 42.7 Å². The van der Waals surface area contributed by atoms with Crippen LogP contribution in [-0.4, -0.2) is 53.3 Å². The third-order valence-electron chi connectivity index (χ3n) is 5.30. The van der Waals surface area contributed by atoms with Gasteiger partial charge < -0.3 is 10.6 Å². The number of aryl methyl sites for hydroxylation is 1. The number of carbonyl (C=O) groups excluding carboxylic acids is 2. The Morgan fingerprint density at radius 3 is 2.65 bits per heavy atom. The molecule has 0 saturated carbocycles. The van der Waals surface area contributed by atoms with Gasteiger partial charge in [0.15, 0.2) is 5.82 Å². The third-order valence-corrected chi connectivity index (χ3v) is 5.59. The summed E-state index contributed by atoms with van der Waals surface area (Å²) in [5, 5.41) is 28.7. The molecule has 2 N–H and O–H groups in total. The Kier molecular flexibility index (Phi) is 7.91. The van der Waals surface area contributed by atoms with Gasteiger partial charge in [0.1, 0.15) is 12.2 Å². The van der Waals surface area contributed by atoms with Crippen LogP contribution in [0, 0.1) is 18.3 Å². The number of nitrogens with one attached hydrogen (secondary N) is 2. The van der Waals surface area contributed by atoms with E-state index < -0.39 is 23.8 Å². The molecular weight excluding hydrogens is 553 g/mol.